The van der Waals surface area contributed by atoms with Gasteiger partial charge in [-0.1, -0.05) is 22.0 Å². The minimum Gasteiger partial charge on any atom is -0.354 e. The summed E-state index contributed by atoms with van der Waals surface area (Å²) in [5.41, 5.74) is 4.66. The Morgan fingerprint density at radius 3 is 2.77 bits per heavy atom. The Kier molecular flexibility index (Phi) is 5.60. The zero-order valence-corrected chi connectivity index (χ0v) is 20.8. The van der Waals surface area contributed by atoms with Crippen molar-refractivity contribution >= 4 is 32.8 Å². The normalized spacial score (nSPS) is 15.0. The van der Waals surface area contributed by atoms with Gasteiger partial charge in [0.25, 0.3) is 0 Å². The molecule has 0 amide bonds. The fourth-order valence-electron chi connectivity index (χ4n) is 4.98. The van der Waals surface area contributed by atoms with Crippen molar-refractivity contribution in [3.63, 3.8) is 0 Å². The maximum absolute atomic E-state index is 13.7. The van der Waals surface area contributed by atoms with Crippen LogP contribution in [0.4, 0.5) is 10.3 Å². The van der Waals surface area contributed by atoms with Crippen LogP contribution in [0.15, 0.2) is 71.5 Å². The van der Waals surface area contributed by atoms with Crippen LogP contribution in [0.1, 0.15) is 25.2 Å². The number of anilines is 1. The Morgan fingerprint density at radius 1 is 1.09 bits per heavy atom. The van der Waals surface area contributed by atoms with Gasteiger partial charge in [-0.25, -0.2) is 19.3 Å². The number of fused-ring (bicyclic) bond motifs is 2. The molecule has 3 aromatic heterocycles. The summed E-state index contributed by atoms with van der Waals surface area (Å²) in [6.45, 7) is 3.58. The van der Waals surface area contributed by atoms with Crippen molar-refractivity contribution in [3.8, 4) is 22.6 Å². The van der Waals surface area contributed by atoms with E-state index in [0.29, 0.717) is 5.95 Å². The van der Waals surface area contributed by atoms with Crippen LogP contribution < -0.4 is 5.32 Å². The first-order chi connectivity index (χ1) is 17.1. The number of aromatic nitrogens is 5. The van der Waals surface area contributed by atoms with E-state index in [9.17, 15) is 4.39 Å². The minimum atomic E-state index is -0.262. The van der Waals surface area contributed by atoms with Crippen molar-refractivity contribution in [1.29, 1.82) is 0 Å². The van der Waals surface area contributed by atoms with Crippen LogP contribution in [-0.2, 0) is 13.0 Å². The summed E-state index contributed by atoms with van der Waals surface area (Å²) in [5, 5.41) is 4.43. The third-order valence-electron chi connectivity index (χ3n) is 6.54. The summed E-state index contributed by atoms with van der Waals surface area (Å²) < 4.78 is 19.4. The van der Waals surface area contributed by atoms with E-state index in [4.69, 9.17) is 9.97 Å². The van der Waals surface area contributed by atoms with Crippen LogP contribution in [0.2, 0.25) is 0 Å². The lowest BCUT2D eigenvalue weighted by Gasteiger charge is -2.19. The molecule has 176 valence electrons. The molecule has 6 nitrogen and oxygen atoms in total. The lowest BCUT2D eigenvalue weighted by atomic mass is 10.1. The molecule has 1 atom stereocenters. The summed E-state index contributed by atoms with van der Waals surface area (Å²) in [5.74, 6) is 1.36. The van der Waals surface area contributed by atoms with E-state index < -0.39 is 0 Å². The van der Waals surface area contributed by atoms with Gasteiger partial charge in [0.1, 0.15) is 11.6 Å². The van der Waals surface area contributed by atoms with Gasteiger partial charge >= 0.3 is 0 Å². The second-order valence-electron chi connectivity index (χ2n) is 8.76. The number of halogens is 2. The molecule has 0 saturated carbocycles. The zero-order chi connectivity index (χ0) is 23.9. The van der Waals surface area contributed by atoms with Gasteiger partial charge in [-0.3, -0.25) is 0 Å². The number of rotatable bonds is 6. The largest absolute Gasteiger partial charge is 0.354 e. The van der Waals surface area contributed by atoms with Gasteiger partial charge in [-0.15, -0.1) is 0 Å². The molecule has 0 saturated heterocycles. The molecule has 0 bridgehead atoms. The topological polar surface area (TPSA) is 60.6 Å². The lowest BCUT2D eigenvalue weighted by molar-refractivity contribution is 0.459. The van der Waals surface area contributed by atoms with E-state index in [-0.39, 0.29) is 11.9 Å². The number of imidazole rings is 1. The molecule has 4 heterocycles. The predicted molar refractivity (Wildman–Crippen MR) is 140 cm³/mol. The molecular formula is C27H24BrFN6. The standard InChI is InChI=1S/C27H24BrFN6/c1-2-30-27-31-13-11-22(32-27)26-25(18-4-7-20(29)8-5-18)33-24-10-9-21(35(24)26)16-34-14-12-17-3-6-19(28)15-23(17)34/h3-8,11-15,21H,2,9-10,16H2,1H3,(H,30,31,32). The van der Waals surface area contributed by atoms with Gasteiger partial charge in [0.2, 0.25) is 5.95 Å². The van der Waals surface area contributed by atoms with E-state index in [2.05, 4.69) is 65.8 Å². The van der Waals surface area contributed by atoms with Gasteiger partial charge < -0.3 is 14.5 Å². The second kappa shape index (κ2) is 8.92. The molecule has 0 fully saturated rings. The summed E-state index contributed by atoms with van der Waals surface area (Å²) in [6.07, 6.45) is 5.81. The van der Waals surface area contributed by atoms with Gasteiger partial charge in [-0.05, 0) is 67.3 Å². The van der Waals surface area contributed by atoms with Crippen molar-refractivity contribution in [1.82, 2.24) is 24.1 Å². The number of hydrogen-bond donors (Lipinski definition) is 1. The summed E-state index contributed by atoms with van der Waals surface area (Å²) in [4.78, 5) is 14.2. The van der Waals surface area contributed by atoms with E-state index >= 15 is 0 Å². The maximum Gasteiger partial charge on any atom is 0.223 e. The average molecular weight is 531 g/mol. The number of benzene rings is 2. The Hall–Kier alpha value is -3.52. The molecule has 1 aliphatic heterocycles. The van der Waals surface area contributed by atoms with Crippen molar-refractivity contribution < 1.29 is 4.39 Å². The van der Waals surface area contributed by atoms with E-state index in [1.54, 1.807) is 18.3 Å². The summed E-state index contributed by atoms with van der Waals surface area (Å²) >= 11 is 3.61. The van der Waals surface area contributed by atoms with Crippen molar-refractivity contribution in [2.45, 2.75) is 32.4 Å². The molecular weight excluding hydrogens is 507 g/mol. The van der Waals surface area contributed by atoms with Crippen LogP contribution in [0.5, 0.6) is 0 Å². The molecule has 1 unspecified atom stereocenters. The van der Waals surface area contributed by atoms with Crippen LogP contribution in [0.3, 0.4) is 0 Å². The second-order valence-corrected chi connectivity index (χ2v) is 9.68. The Bertz CT molecular complexity index is 1520. The van der Waals surface area contributed by atoms with Gasteiger partial charge in [0, 0.05) is 47.5 Å². The van der Waals surface area contributed by atoms with E-state index in [1.165, 1.54) is 23.0 Å². The Balaban J connectivity index is 1.48. The molecule has 8 heteroatoms. The highest BCUT2D eigenvalue weighted by molar-refractivity contribution is 9.10. The first-order valence-electron chi connectivity index (χ1n) is 11.8. The number of aryl methyl sites for hydroxylation is 1. The maximum atomic E-state index is 13.7. The molecule has 1 aliphatic rings. The minimum absolute atomic E-state index is 0.217. The fourth-order valence-corrected chi connectivity index (χ4v) is 5.33. The van der Waals surface area contributed by atoms with Crippen LogP contribution >= 0.6 is 15.9 Å². The molecule has 0 spiro atoms. The smallest absolute Gasteiger partial charge is 0.223 e. The SMILES string of the molecule is CCNc1nccc(-c2c(-c3ccc(F)cc3)nc3n2C(Cn2ccc4ccc(Br)cc42)CC3)n1. The van der Waals surface area contributed by atoms with Crippen LogP contribution in [-0.4, -0.2) is 30.6 Å². The zero-order valence-electron chi connectivity index (χ0n) is 19.2. The molecule has 2 aromatic carbocycles. The summed E-state index contributed by atoms with van der Waals surface area (Å²) in [7, 11) is 0. The molecule has 6 rings (SSSR count). The van der Waals surface area contributed by atoms with Crippen molar-refractivity contribution in [3.05, 3.63) is 83.1 Å². The number of nitrogens with zero attached hydrogens (tertiary/aromatic N) is 5. The van der Waals surface area contributed by atoms with Crippen molar-refractivity contribution in [2.75, 3.05) is 11.9 Å². The van der Waals surface area contributed by atoms with Crippen LogP contribution in [0.25, 0.3) is 33.5 Å². The van der Waals surface area contributed by atoms with E-state index in [1.807, 2.05) is 13.0 Å². The van der Waals surface area contributed by atoms with Crippen LogP contribution in [0, 0.1) is 5.82 Å². The average Bonchev–Trinajstić information content (AvgIpc) is 3.55. The summed E-state index contributed by atoms with van der Waals surface area (Å²) in [6, 6.07) is 17.2. The Morgan fingerprint density at radius 2 is 1.94 bits per heavy atom. The monoisotopic (exact) mass is 530 g/mol. The number of nitrogens with one attached hydrogen (secondary N) is 1. The molecule has 0 radical (unpaired) electrons. The highest BCUT2D eigenvalue weighted by atomic mass is 79.9. The third kappa shape index (κ3) is 4.01. The molecule has 1 N–H and O–H groups in total. The number of hydrogen-bond acceptors (Lipinski definition) is 4. The molecule has 5 aromatic rings. The third-order valence-corrected chi connectivity index (χ3v) is 7.04. The van der Waals surface area contributed by atoms with Crippen molar-refractivity contribution in [2.24, 2.45) is 0 Å². The first kappa shape index (κ1) is 22.0. The lowest BCUT2D eigenvalue weighted by Crippen LogP contribution is -2.14. The highest BCUT2D eigenvalue weighted by Crippen LogP contribution is 2.40. The van der Waals surface area contributed by atoms with Gasteiger partial charge in [-0.2, -0.15) is 0 Å². The first-order valence-corrected chi connectivity index (χ1v) is 12.6. The predicted octanol–water partition coefficient (Wildman–Crippen LogP) is 6.48. The Labute approximate surface area is 211 Å². The molecule has 0 aliphatic carbocycles. The van der Waals surface area contributed by atoms with Gasteiger partial charge in [0.15, 0.2) is 0 Å². The quantitative estimate of drug-likeness (QED) is 0.273. The fraction of sp³-hybridized carbons (Fsp3) is 0.222. The molecule has 35 heavy (non-hydrogen) atoms. The highest BCUT2D eigenvalue weighted by Gasteiger charge is 2.31. The van der Waals surface area contributed by atoms with Gasteiger partial charge in [0.05, 0.1) is 23.1 Å². The van der Waals surface area contributed by atoms with E-state index in [0.717, 1.165) is 58.9 Å².